The summed E-state index contributed by atoms with van der Waals surface area (Å²) in [5, 5.41) is 2.94. The molecule has 1 aliphatic rings. The van der Waals surface area contributed by atoms with Crippen LogP contribution in [0.1, 0.15) is 41.1 Å². The SMILES string of the molecule is Cc1cc(N2CCCCC2)nc(CNC(=O)c2ccccc2Oc2ccccc2)n1. The number of para-hydroxylation sites is 2. The van der Waals surface area contributed by atoms with Crippen molar-refractivity contribution in [1.29, 1.82) is 0 Å². The Bertz CT molecular complexity index is 1000. The predicted octanol–water partition coefficient (Wildman–Crippen LogP) is 4.50. The van der Waals surface area contributed by atoms with Crippen molar-refractivity contribution in [2.45, 2.75) is 32.7 Å². The van der Waals surface area contributed by atoms with E-state index in [0.29, 0.717) is 22.9 Å². The lowest BCUT2D eigenvalue weighted by Crippen LogP contribution is -2.31. The quantitative estimate of drug-likeness (QED) is 0.658. The van der Waals surface area contributed by atoms with Crippen LogP contribution in [0.3, 0.4) is 0 Å². The molecule has 2 aromatic carbocycles. The number of nitrogens with zero attached hydrogens (tertiary/aromatic N) is 3. The summed E-state index contributed by atoms with van der Waals surface area (Å²) in [6, 6.07) is 18.7. The summed E-state index contributed by atoms with van der Waals surface area (Å²) in [4.78, 5) is 24.3. The Morgan fingerprint density at radius 2 is 1.73 bits per heavy atom. The van der Waals surface area contributed by atoms with Gasteiger partial charge in [0.25, 0.3) is 5.91 Å². The molecule has 3 aromatic rings. The van der Waals surface area contributed by atoms with Crippen LogP contribution in [-0.4, -0.2) is 29.0 Å². The molecule has 0 unspecified atom stereocenters. The van der Waals surface area contributed by atoms with Crippen molar-refractivity contribution in [3.05, 3.63) is 77.7 Å². The van der Waals surface area contributed by atoms with E-state index < -0.39 is 0 Å². The van der Waals surface area contributed by atoms with E-state index in [-0.39, 0.29) is 12.5 Å². The number of piperidine rings is 1. The minimum atomic E-state index is -0.217. The summed E-state index contributed by atoms with van der Waals surface area (Å²) in [6.07, 6.45) is 3.65. The number of aromatic nitrogens is 2. The summed E-state index contributed by atoms with van der Waals surface area (Å²) in [7, 11) is 0. The first-order valence-corrected chi connectivity index (χ1v) is 10.4. The van der Waals surface area contributed by atoms with Gasteiger partial charge in [-0.25, -0.2) is 9.97 Å². The van der Waals surface area contributed by atoms with Crippen LogP contribution in [0.2, 0.25) is 0 Å². The fourth-order valence-corrected chi connectivity index (χ4v) is 3.59. The van der Waals surface area contributed by atoms with Crippen LogP contribution in [0.25, 0.3) is 0 Å². The molecular weight excluding hydrogens is 376 g/mol. The van der Waals surface area contributed by atoms with Crippen LogP contribution < -0.4 is 15.0 Å². The highest BCUT2D eigenvalue weighted by Crippen LogP contribution is 2.25. The van der Waals surface area contributed by atoms with E-state index in [2.05, 4.69) is 20.2 Å². The summed E-state index contributed by atoms with van der Waals surface area (Å²) in [6.45, 7) is 4.27. The molecule has 0 atom stereocenters. The average molecular weight is 402 g/mol. The van der Waals surface area contributed by atoms with Crippen molar-refractivity contribution in [2.75, 3.05) is 18.0 Å². The summed E-state index contributed by atoms with van der Waals surface area (Å²) in [5.74, 6) is 2.54. The molecule has 0 bridgehead atoms. The zero-order valence-corrected chi connectivity index (χ0v) is 17.2. The third-order valence-corrected chi connectivity index (χ3v) is 5.08. The highest BCUT2D eigenvalue weighted by atomic mass is 16.5. The molecule has 1 aliphatic heterocycles. The van der Waals surface area contributed by atoms with E-state index in [0.717, 1.165) is 24.6 Å². The Morgan fingerprint density at radius 3 is 2.53 bits per heavy atom. The van der Waals surface area contributed by atoms with Gasteiger partial charge in [-0.2, -0.15) is 0 Å². The number of hydrogen-bond acceptors (Lipinski definition) is 5. The zero-order valence-electron chi connectivity index (χ0n) is 17.2. The van der Waals surface area contributed by atoms with Crippen LogP contribution in [0.5, 0.6) is 11.5 Å². The second-order valence-electron chi connectivity index (χ2n) is 7.43. The number of nitrogens with one attached hydrogen (secondary N) is 1. The normalized spacial score (nSPS) is 13.7. The lowest BCUT2D eigenvalue weighted by Gasteiger charge is -2.28. The van der Waals surface area contributed by atoms with Crippen LogP contribution >= 0.6 is 0 Å². The number of carbonyl (C=O) groups is 1. The van der Waals surface area contributed by atoms with Crippen LogP contribution in [0.4, 0.5) is 5.82 Å². The number of hydrogen-bond donors (Lipinski definition) is 1. The molecule has 0 radical (unpaired) electrons. The van der Waals surface area contributed by atoms with Gasteiger partial charge in [0.15, 0.2) is 0 Å². The Hall–Kier alpha value is -3.41. The monoisotopic (exact) mass is 402 g/mol. The topological polar surface area (TPSA) is 67.4 Å². The van der Waals surface area contributed by atoms with E-state index in [4.69, 9.17) is 4.74 Å². The second-order valence-corrected chi connectivity index (χ2v) is 7.43. The molecule has 0 spiro atoms. The smallest absolute Gasteiger partial charge is 0.255 e. The Balaban J connectivity index is 1.46. The van der Waals surface area contributed by atoms with Crippen molar-refractivity contribution in [1.82, 2.24) is 15.3 Å². The maximum atomic E-state index is 12.8. The molecule has 154 valence electrons. The molecule has 6 nitrogen and oxygen atoms in total. The lowest BCUT2D eigenvalue weighted by molar-refractivity contribution is 0.0947. The molecule has 1 saturated heterocycles. The van der Waals surface area contributed by atoms with E-state index >= 15 is 0 Å². The first kappa shape index (κ1) is 19.9. The lowest BCUT2D eigenvalue weighted by atomic mass is 10.1. The average Bonchev–Trinajstić information content (AvgIpc) is 2.79. The largest absolute Gasteiger partial charge is 0.457 e. The molecule has 2 heterocycles. The number of anilines is 1. The van der Waals surface area contributed by atoms with Gasteiger partial charge in [0.2, 0.25) is 0 Å². The highest BCUT2D eigenvalue weighted by Gasteiger charge is 2.16. The molecule has 1 amide bonds. The minimum Gasteiger partial charge on any atom is -0.457 e. The van der Waals surface area contributed by atoms with Crippen LogP contribution in [0.15, 0.2) is 60.7 Å². The van der Waals surface area contributed by atoms with Crippen molar-refractivity contribution < 1.29 is 9.53 Å². The van der Waals surface area contributed by atoms with Gasteiger partial charge in [-0.3, -0.25) is 4.79 Å². The van der Waals surface area contributed by atoms with Gasteiger partial charge in [0, 0.05) is 24.8 Å². The standard InChI is InChI=1S/C24H26N4O2/c1-18-16-23(28-14-8-3-9-15-28)27-22(26-18)17-25-24(29)20-12-6-7-13-21(20)30-19-10-4-2-5-11-19/h2,4-7,10-13,16H,3,8-9,14-15,17H2,1H3,(H,25,29). The molecule has 0 saturated carbocycles. The van der Waals surface area contributed by atoms with E-state index in [9.17, 15) is 4.79 Å². The van der Waals surface area contributed by atoms with Crippen molar-refractivity contribution in [3.63, 3.8) is 0 Å². The van der Waals surface area contributed by atoms with Crippen molar-refractivity contribution in [2.24, 2.45) is 0 Å². The maximum absolute atomic E-state index is 12.8. The van der Waals surface area contributed by atoms with Gasteiger partial charge >= 0.3 is 0 Å². The number of benzene rings is 2. The zero-order chi connectivity index (χ0) is 20.8. The van der Waals surface area contributed by atoms with E-state index in [1.165, 1.54) is 19.3 Å². The maximum Gasteiger partial charge on any atom is 0.255 e. The number of rotatable bonds is 6. The Kier molecular flexibility index (Phi) is 6.23. The molecular formula is C24H26N4O2. The second kappa shape index (κ2) is 9.39. The van der Waals surface area contributed by atoms with Gasteiger partial charge in [-0.15, -0.1) is 0 Å². The van der Waals surface area contributed by atoms with Gasteiger partial charge in [0.05, 0.1) is 12.1 Å². The van der Waals surface area contributed by atoms with Gasteiger partial charge < -0.3 is 15.0 Å². The number of ether oxygens (including phenoxy) is 1. The van der Waals surface area contributed by atoms with Crippen molar-refractivity contribution in [3.8, 4) is 11.5 Å². The Labute approximate surface area is 176 Å². The van der Waals surface area contributed by atoms with Crippen LogP contribution in [-0.2, 0) is 6.54 Å². The van der Waals surface area contributed by atoms with Crippen molar-refractivity contribution >= 4 is 11.7 Å². The van der Waals surface area contributed by atoms with Gasteiger partial charge in [-0.05, 0) is 50.5 Å². The molecule has 6 heteroatoms. The summed E-state index contributed by atoms with van der Waals surface area (Å²) < 4.78 is 5.90. The molecule has 0 aliphatic carbocycles. The first-order chi connectivity index (χ1) is 14.7. The minimum absolute atomic E-state index is 0.217. The number of aryl methyl sites for hydroxylation is 1. The van der Waals surface area contributed by atoms with E-state index in [1.807, 2.05) is 55.5 Å². The molecule has 30 heavy (non-hydrogen) atoms. The molecule has 1 aromatic heterocycles. The van der Waals surface area contributed by atoms with Gasteiger partial charge in [0.1, 0.15) is 23.1 Å². The predicted molar refractivity (Wildman–Crippen MR) is 117 cm³/mol. The molecule has 1 fully saturated rings. The summed E-state index contributed by atoms with van der Waals surface area (Å²) >= 11 is 0. The fourth-order valence-electron chi connectivity index (χ4n) is 3.59. The fraction of sp³-hybridized carbons (Fsp3) is 0.292. The van der Waals surface area contributed by atoms with Crippen LogP contribution in [0, 0.1) is 6.92 Å². The highest BCUT2D eigenvalue weighted by molar-refractivity contribution is 5.96. The van der Waals surface area contributed by atoms with E-state index in [1.54, 1.807) is 12.1 Å². The third kappa shape index (κ3) is 4.95. The summed E-state index contributed by atoms with van der Waals surface area (Å²) in [5.41, 5.74) is 1.38. The number of carbonyl (C=O) groups excluding carboxylic acids is 1. The first-order valence-electron chi connectivity index (χ1n) is 10.4. The number of amides is 1. The third-order valence-electron chi connectivity index (χ3n) is 5.08. The Morgan fingerprint density at radius 1 is 1.00 bits per heavy atom. The molecule has 4 rings (SSSR count). The van der Waals surface area contributed by atoms with Gasteiger partial charge in [-0.1, -0.05) is 30.3 Å². The molecule has 1 N–H and O–H groups in total.